The summed E-state index contributed by atoms with van der Waals surface area (Å²) in [6, 6.07) is 9.77. The number of nitrogens with zero attached hydrogens (tertiary/aromatic N) is 1. The van der Waals surface area contributed by atoms with Gasteiger partial charge >= 0.3 is 0 Å². The Morgan fingerprint density at radius 1 is 1.17 bits per heavy atom. The monoisotopic (exact) mass is 319 g/mol. The number of hydrogen-bond donors (Lipinski definition) is 2. The van der Waals surface area contributed by atoms with E-state index in [0.29, 0.717) is 0 Å². The van der Waals surface area contributed by atoms with E-state index in [1.54, 1.807) is 12.4 Å². The van der Waals surface area contributed by atoms with Gasteiger partial charge in [-0.2, -0.15) is 0 Å². The SMILES string of the molecule is CC(NC(=O)c1ccc2[nH]c3c(c2c1)CCCC3)c1ccncc1. The molecule has 1 aromatic carbocycles. The largest absolute Gasteiger partial charge is 0.358 e. The summed E-state index contributed by atoms with van der Waals surface area (Å²) in [5.74, 6) is -0.0352. The molecule has 0 fully saturated rings. The van der Waals surface area contributed by atoms with Gasteiger partial charge in [0.1, 0.15) is 0 Å². The molecular formula is C20H21N3O. The van der Waals surface area contributed by atoms with Crippen molar-refractivity contribution in [2.75, 3.05) is 0 Å². The lowest BCUT2D eigenvalue weighted by atomic mass is 9.95. The van der Waals surface area contributed by atoms with Gasteiger partial charge in [-0.15, -0.1) is 0 Å². The third-order valence-corrected chi connectivity index (χ3v) is 4.91. The minimum atomic E-state index is -0.0451. The molecule has 2 N–H and O–H groups in total. The maximum absolute atomic E-state index is 12.6. The molecule has 1 aliphatic rings. The molecule has 1 aliphatic carbocycles. The highest BCUT2D eigenvalue weighted by molar-refractivity contribution is 5.99. The van der Waals surface area contributed by atoms with Gasteiger partial charge in [0.15, 0.2) is 0 Å². The molecule has 2 heterocycles. The Hall–Kier alpha value is -2.62. The zero-order valence-electron chi connectivity index (χ0n) is 13.8. The van der Waals surface area contributed by atoms with E-state index >= 15 is 0 Å². The van der Waals surface area contributed by atoms with Crippen LogP contribution in [-0.4, -0.2) is 15.9 Å². The van der Waals surface area contributed by atoms with Crippen LogP contribution in [0.5, 0.6) is 0 Å². The number of fused-ring (bicyclic) bond motifs is 3. The number of nitrogens with one attached hydrogen (secondary N) is 2. The second kappa shape index (κ2) is 6.11. The molecule has 0 aliphatic heterocycles. The summed E-state index contributed by atoms with van der Waals surface area (Å²) >= 11 is 0. The van der Waals surface area contributed by atoms with E-state index < -0.39 is 0 Å². The van der Waals surface area contributed by atoms with Crippen molar-refractivity contribution >= 4 is 16.8 Å². The van der Waals surface area contributed by atoms with Gasteiger partial charge in [0, 0.05) is 34.6 Å². The Bertz CT molecular complexity index is 883. The van der Waals surface area contributed by atoms with Gasteiger partial charge in [0.25, 0.3) is 5.91 Å². The highest BCUT2D eigenvalue weighted by atomic mass is 16.1. The van der Waals surface area contributed by atoms with Crippen molar-refractivity contribution in [3.05, 3.63) is 65.1 Å². The first-order valence-corrected chi connectivity index (χ1v) is 8.56. The maximum Gasteiger partial charge on any atom is 0.251 e. The van der Waals surface area contributed by atoms with E-state index in [1.165, 1.54) is 29.5 Å². The predicted octanol–water partition coefficient (Wildman–Crippen LogP) is 3.93. The molecule has 2 aromatic heterocycles. The van der Waals surface area contributed by atoms with Crippen LogP contribution in [0, 0.1) is 0 Å². The minimum absolute atomic E-state index is 0.0352. The van der Waals surface area contributed by atoms with Crippen LogP contribution in [0.4, 0.5) is 0 Å². The molecule has 0 radical (unpaired) electrons. The molecule has 1 unspecified atom stereocenters. The van der Waals surface area contributed by atoms with E-state index in [1.807, 2.05) is 37.3 Å². The van der Waals surface area contributed by atoms with Crippen LogP contribution in [-0.2, 0) is 12.8 Å². The summed E-state index contributed by atoms with van der Waals surface area (Å²) in [6.07, 6.45) is 8.19. The lowest BCUT2D eigenvalue weighted by Crippen LogP contribution is -2.26. The molecule has 4 rings (SSSR count). The third-order valence-electron chi connectivity index (χ3n) is 4.91. The number of aryl methyl sites for hydroxylation is 2. The minimum Gasteiger partial charge on any atom is -0.358 e. The Kier molecular flexibility index (Phi) is 3.81. The number of rotatable bonds is 3. The summed E-state index contributed by atoms with van der Waals surface area (Å²) in [7, 11) is 0. The van der Waals surface area contributed by atoms with Gasteiger partial charge in [-0.05, 0) is 74.1 Å². The number of aromatic amines is 1. The summed E-state index contributed by atoms with van der Waals surface area (Å²) < 4.78 is 0. The van der Waals surface area contributed by atoms with Crippen LogP contribution in [0.25, 0.3) is 10.9 Å². The summed E-state index contributed by atoms with van der Waals surface area (Å²) in [5, 5.41) is 4.28. The number of amides is 1. The summed E-state index contributed by atoms with van der Waals surface area (Å²) in [5.41, 5.74) is 5.65. The molecule has 0 saturated carbocycles. The highest BCUT2D eigenvalue weighted by Crippen LogP contribution is 2.29. The van der Waals surface area contributed by atoms with Crippen molar-refractivity contribution in [1.82, 2.24) is 15.3 Å². The maximum atomic E-state index is 12.6. The lowest BCUT2D eigenvalue weighted by Gasteiger charge is -2.14. The molecule has 4 heteroatoms. The zero-order valence-corrected chi connectivity index (χ0v) is 13.8. The van der Waals surface area contributed by atoms with E-state index in [2.05, 4.69) is 15.3 Å². The fourth-order valence-electron chi connectivity index (χ4n) is 3.56. The number of carbonyl (C=O) groups excluding carboxylic acids is 1. The molecular weight excluding hydrogens is 298 g/mol. The normalized spacial score (nSPS) is 15.0. The quantitative estimate of drug-likeness (QED) is 0.768. The van der Waals surface area contributed by atoms with Crippen LogP contribution < -0.4 is 5.32 Å². The molecule has 4 nitrogen and oxygen atoms in total. The highest BCUT2D eigenvalue weighted by Gasteiger charge is 2.17. The van der Waals surface area contributed by atoms with Crippen LogP contribution in [0.2, 0.25) is 0 Å². The number of carbonyl (C=O) groups is 1. The first kappa shape index (κ1) is 14.9. The van der Waals surface area contributed by atoms with Gasteiger partial charge in [-0.3, -0.25) is 9.78 Å². The number of benzene rings is 1. The van der Waals surface area contributed by atoms with E-state index in [0.717, 1.165) is 29.5 Å². The topological polar surface area (TPSA) is 57.8 Å². The van der Waals surface area contributed by atoms with E-state index in [-0.39, 0.29) is 11.9 Å². The van der Waals surface area contributed by atoms with Gasteiger partial charge in [0.05, 0.1) is 6.04 Å². The van der Waals surface area contributed by atoms with Crippen LogP contribution in [0.15, 0.2) is 42.7 Å². The molecule has 0 bridgehead atoms. The van der Waals surface area contributed by atoms with E-state index in [9.17, 15) is 4.79 Å². The summed E-state index contributed by atoms with van der Waals surface area (Å²) in [6.45, 7) is 1.99. The second-order valence-electron chi connectivity index (χ2n) is 6.53. The average Bonchev–Trinajstić information content (AvgIpc) is 3.00. The number of H-pyrrole nitrogens is 1. The van der Waals surface area contributed by atoms with Gasteiger partial charge in [0.2, 0.25) is 0 Å². The van der Waals surface area contributed by atoms with Gasteiger partial charge in [-0.25, -0.2) is 0 Å². The van der Waals surface area contributed by atoms with Crippen molar-refractivity contribution in [1.29, 1.82) is 0 Å². The number of aromatic nitrogens is 2. The molecule has 24 heavy (non-hydrogen) atoms. The third kappa shape index (κ3) is 2.68. The fraction of sp³-hybridized carbons (Fsp3) is 0.300. The number of pyridine rings is 1. The second-order valence-corrected chi connectivity index (χ2v) is 6.53. The van der Waals surface area contributed by atoms with Crippen molar-refractivity contribution in [3.63, 3.8) is 0 Å². The zero-order chi connectivity index (χ0) is 16.5. The first-order valence-electron chi connectivity index (χ1n) is 8.56. The van der Waals surface area contributed by atoms with Crippen molar-refractivity contribution in [3.8, 4) is 0 Å². The number of hydrogen-bond acceptors (Lipinski definition) is 2. The Labute approximate surface area is 141 Å². The average molecular weight is 319 g/mol. The van der Waals surface area contributed by atoms with Crippen LogP contribution >= 0.6 is 0 Å². The Morgan fingerprint density at radius 2 is 1.96 bits per heavy atom. The van der Waals surface area contributed by atoms with Crippen molar-refractivity contribution in [2.24, 2.45) is 0 Å². The molecule has 0 saturated heterocycles. The van der Waals surface area contributed by atoms with Crippen LogP contribution in [0.3, 0.4) is 0 Å². The molecule has 3 aromatic rings. The van der Waals surface area contributed by atoms with E-state index in [4.69, 9.17) is 0 Å². The van der Waals surface area contributed by atoms with Crippen LogP contribution in [0.1, 0.15) is 53.0 Å². The van der Waals surface area contributed by atoms with Crippen molar-refractivity contribution < 1.29 is 4.79 Å². The smallest absolute Gasteiger partial charge is 0.251 e. The molecule has 1 amide bonds. The fourth-order valence-corrected chi connectivity index (χ4v) is 3.56. The predicted molar refractivity (Wildman–Crippen MR) is 95.1 cm³/mol. The van der Waals surface area contributed by atoms with Gasteiger partial charge < -0.3 is 10.3 Å². The standard InChI is InChI=1S/C20H21N3O/c1-13(14-8-10-21-11-9-14)22-20(24)15-6-7-19-17(12-15)16-4-2-3-5-18(16)23-19/h6-13,23H,2-5H2,1H3,(H,22,24). The Balaban J connectivity index is 1.60. The Morgan fingerprint density at radius 3 is 2.79 bits per heavy atom. The lowest BCUT2D eigenvalue weighted by molar-refractivity contribution is 0.0940. The first-order chi connectivity index (χ1) is 11.7. The van der Waals surface area contributed by atoms with Gasteiger partial charge in [-0.1, -0.05) is 0 Å². The van der Waals surface area contributed by atoms with Crippen molar-refractivity contribution in [2.45, 2.75) is 38.6 Å². The molecule has 0 spiro atoms. The molecule has 1 atom stereocenters. The summed E-state index contributed by atoms with van der Waals surface area (Å²) in [4.78, 5) is 20.2. The molecule has 122 valence electrons.